The maximum absolute atomic E-state index is 14.6. The van der Waals surface area contributed by atoms with Crippen molar-refractivity contribution in [3.05, 3.63) is 35.9 Å². The van der Waals surface area contributed by atoms with Gasteiger partial charge in [0.2, 0.25) is 33.7 Å². The first-order valence-electron chi connectivity index (χ1n) is 25.2. The summed E-state index contributed by atoms with van der Waals surface area (Å²) in [5, 5.41) is 5.25. The number of sulfonamides is 1. The van der Waals surface area contributed by atoms with Crippen LogP contribution in [-0.4, -0.2) is 188 Å². The second-order valence-corrected chi connectivity index (χ2v) is 21.5. The molecule has 9 atom stereocenters. The third-order valence-corrected chi connectivity index (χ3v) is 15.4. The van der Waals surface area contributed by atoms with Crippen LogP contribution in [-0.2, 0) is 64.1 Å². The summed E-state index contributed by atoms with van der Waals surface area (Å²) < 4.78 is 56.3. The van der Waals surface area contributed by atoms with Gasteiger partial charge in [0.25, 0.3) is 5.91 Å². The highest BCUT2D eigenvalue weighted by Crippen LogP contribution is 2.30. The third-order valence-electron chi connectivity index (χ3n) is 13.6. The van der Waals surface area contributed by atoms with Gasteiger partial charge in [-0.05, 0) is 56.0 Å². The second-order valence-electron chi connectivity index (χ2n) is 19.6. The third kappa shape index (κ3) is 18.4. The van der Waals surface area contributed by atoms with Gasteiger partial charge in [0.1, 0.15) is 12.1 Å². The Labute approximate surface area is 418 Å². The van der Waals surface area contributed by atoms with Crippen molar-refractivity contribution in [2.45, 2.75) is 141 Å². The molecule has 400 valence electrons. The van der Waals surface area contributed by atoms with Gasteiger partial charge in [-0.3, -0.25) is 33.6 Å². The topological polar surface area (TPSA) is 237 Å². The van der Waals surface area contributed by atoms with Crippen LogP contribution in [0.5, 0.6) is 0 Å². The zero-order valence-electron chi connectivity index (χ0n) is 43.9. The Morgan fingerprint density at radius 3 is 1.96 bits per heavy atom. The van der Waals surface area contributed by atoms with E-state index in [1.807, 2.05) is 59.6 Å². The number of nitrogens with one attached hydrogen (secondary N) is 3. The molecule has 0 radical (unpaired) electrons. The van der Waals surface area contributed by atoms with Crippen molar-refractivity contribution >= 4 is 39.6 Å². The standard InChI is InChI=1S/C50H87N7O12S/c1-12-35(6)45(56(9)50(62)43(33(2)3)53-49(61)44(34(4)5)55(8)24-26-68-28-30-69-29-27-67-25-22-51)41(65-10)32-42(58)57-23-16-19-40(57)46(66-11)36(7)47(59)52-39(31-37-17-14-13-15-18-37)48(60)54-70(63,64)38-20-21-38/h13-15,17-18,33-36,38-41,43-46H,12,16,19-32,51H2,1-11H3,(H,52,59)(H,53,61)(H,54,60). The van der Waals surface area contributed by atoms with Gasteiger partial charge in [-0.15, -0.1) is 0 Å². The van der Waals surface area contributed by atoms with E-state index in [0.29, 0.717) is 91.4 Å². The number of hydrogen-bond donors (Lipinski definition) is 4. The summed E-state index contributed by atoms with van der Waals surface area (Å²) in [6, 6.07) is 5.36. The van der Waals surface area contributed by atoms with E-state index in [0.717, 1.165) is 5.56 Å². The number of carbonyl (C=O) groups is 5. The summed E-state index contributed by atoms with van der Waals surface area (Å²) >= 11 is 0. The Morgan fingerprint density at radius 1 is 0.800 bits per heavy atom. The van der Waals surface area contributed by atoms with Crippen molar-refractivity contribution in [2.75, 3.05) is 87.6 Å². The van der Waals surface area contributed by atoms with Gasteiger partial charge in [-0.1, -0.05) is 85.2 Å². The molecule has 9 unspecified atom stereocenters. The molecule has 1 aromatic carbocycles. The Bertz CT molecular complexity index is 1870. The lowest BCUT2D eigenvalue weighted by molar-refractivity contribution is -0.148. The number of hydrogen-bond acceptors (Lipinski definition) is 14. The normalized spacial score (nSPS) is 18.7. The molecule has 2 fully saturated rings. The molecule has 1 heterocycles. The summed E-state index contributed by atoms with van der Waals surface area (Å²) in [6.07, 6.45) is 1.32. The zero-order chi connectivity index (χ0) is 52.1. The van der Waals surface area contributed by atoms with E-state index in [4.69, 9.17) is 29.4 Å². The molecule has 70 heavy (non-hydrogen) atoms. The molecule has 20 heteroatoms. The lowest BCUT2D eigenvalue weighted by atomic mass is 9.89. The number of rotatable bonds is 34. The largest absolute Gasteiger partial charge is 0.379 e. The maximum Gasteiger partial charge on any atom is 0.256 e. The smallest absolute Gasteiger partial charge is 0.256 e. The first kappa shape index (κ1) is 60.5. The van der Waals surface area contributed by atoms with Crippen LogP contribution in [0.25, 0.3) is 0 Å². The quantitative estimate of drug-likeness (QED) is 0.0726. The SMILES string of the molecule is CCC(C)C(C(CC(=O)N1CCCC1C(OC)C(C)C(=O)NC(Cc1ccccc1)C(=O)NS(=O)(=O)C1CC1)OC)N(C)C(=O)C(NC(=O)C(C(C)C)N(C)CCOCCOCCOCCN)C(C)C. The van der Waals surface area contributed by atoms with Crippen LogP contribution in [0.1, 0.15) is 92.6 Å². The fourth-order valence-corrected chi connectivity index (χ4v) is 10.6. The van der Waals surface area contributed by atoms with E-state index >= 15 is 0 Å². The average molecular weight is 1010 g/mol. The van der Waals surface area contributed by atoms with Crippen molar-refractivity contribution in [3.8, 4) is 0 Å². The molecule has 1 aliphatic heterocycles. The number of amides is 5. The number of likely N-dealkylation sites (tertiary alicyclic amines) is 1. The first-order valence-corrected chi connectivity index (χ1v) is 26.7. The molecule has 0 aromatic heterocycles. The molecule has 19 nitrogen and oxygen atoms in total. The highest BCUT2D eigenvalue weighted by atomic mass is 32.2. The number of likely N-dealkylation sites (N-methyl/N-ethyl adjacent to an activating group) is 2. The van der Waals surface area contributed by atoms with Gasteiger partial charge in [-0.25, -0.2) is 8.42 Å². The molecule has 1 aromatic rings. The number of nitrogens with zero attached hydrogens (tertiary/aromatic N) is 3. The maximum atomic E-state index is 14.6. The van der Waals surface area contributed by atoms with Crippen molar-refractivity contribution in [1.29, 1.82) is 0 Å². The molecule has 3 rings (SSSR count). The Hall–Kier alpha value is -3.76. The average Bonchev–Trinajstić information content (AvgIpc) is 4.09. The molecule has 0 bridgehead atoms. The Balaban J connectivity index is 1.72. The zero-order valence-corrected chi connectivity index (χ0v) is 44.7. The predicted octanol–water partition coefficient (Wildman–Crippen LogP) is 2.35. The highest BCUT2D eigenvalue weighted by Gasteiger charge is 2.44. The van der Waals surface area contributed by atoms with E-state index in [-0.39, 0.29) is 48.3 Å². The number of methoxy groups -OCH3 is 2. The predicted molar refractivity (Wildman–Crippen MR) is 268 cm³/mol. The van der Waals surface area contributed by atoms with E-state index in [9.17, 15) is 32.4 Å². The van der Waals surface area contributed by atoms with Crippen LogP contribution >= 0.6 is 0 Å². The van der Waals surface area contributed by atoms with E-state index in [1.54, 1.807) is 48.0 Å². The van der Waals surface area contributed by atoms with E-state index in [1.165, 1.54) is 14.2 Å². The summed E-state index contributed by atoms with van der Waals surface area (Å²) in [4.78, 5) is 75.9. The van der Waals surface area contributed by atoms with Crippen LogP contribution in [0.2, 0.25) is 0 Å². The van der Waals surface area contributed by atoms with Gasteiger partial charge in [0.05, 0.1) is 87.6 Å². The van der Waals surface area contributed by atoms with Crippen molar-refractivity contribution in [2.24, 2.45) is 29.4 Å². The minimum absolute atomic E-state index is 0.0607. The number of carbonyl (C=O) groups excluding carboxylic acids is 5. The minimum atomic E-state index is -3.88. The van der Waals surface area contributed by atoms with Gasteiger partial charge in [0.15, 0.2) is 0 Å². The van der Waals surface area contributed by atoms with E-state index in [2.05, 4.69) is 15.4 Å². The minimum Gasteiger partial charge on any atom is -0.379 e. The van der Waals surface area contributed by atoms with Crippen molar-refractivity contribution < 1.29 is 56.1 Å². The molecule has 5 amide bonds. The van der Waals surface area contributed by atoms with Gasteiger partial charge >= 0.3 is 0 Å². The molecule has 2 aliphatic rings. The van der Waals surface area contributed by atoms with Gasteiger partial charge < -0.3 is 49.9 Å². The number of nitrogens with two attached hydrogens (primary N) is 1. The Kier molecular flexibility index (Phi) is 26.2. The van der Waals surface area contributed by atoms with Crippen molar-refractivity contribution in [3.63, 3.8) is 0 Å². The van der Waals surface area contributed by atoms with Gasteiger partial charge in [0, 0.05) is 47.3 Å². The highest BCUT2D eigenvalue weighted by molar-refractivity contribution is 7.90. The summed E-state index contributed by atoms with van der Waals surface area (Å²) in [6.45, 7) is 17.3. The number of ether oxygens (including phenoxy) is 5. The summed E-state index contributed by atoms with van der Waals surface area (Å²) in [7, 11) is 2.69. The Morgan fingerprint density at radius 2 is 1.41 bits per heavy atom. The van der Waals surface area contributed by atoms with Crippen LogP contribution in [0.3, 0.4) is 0 Å². The molecular weight excluding hydrogens is 923 g/mol. The molecule has 0 spiro atoms. The fraction of sp³-hybridized carbons (Fsp3) is 0.780. The van der Waals surface area contributed by atoms with Crippen LogP contribution < -0.4 is 21.1 Å². The van der Waals surface area contributed by atoms with Crippen molar-refractivity contribution in [1.82, 2.24) is 30.1 Å². The lowest BCUT2D eigenvalue weighted by Gasteiger charge is -2.41. The second kappa shape index (κ2) is 30.3. The molecule has 1 aliphatic carbocycles. The fourth-order valence-electron chi connectivity index (χ4n) is 9.30. The molecule has 5 N–H and O–H groups in total. The summed E-state index contributed by atoms with van der Waals surface area (Å²) in [5.41, 5.74) is 6.16. The van der Waals surface area contributed by atoms with Crippen LogP contribution in [0.15, 0.2) is 30.3 Å². The molecule has 1 saturated heterocycles. The van der Waals surface area contributed by atoms with Crippen LogP contribution in [0.4, 0.5) is 0 Å². The van der Waals surface area contributed by atoms with Crippen LogP contribution in [0, 0.1) is 23.7 Å². The molecule has 1 saturated carbocycles. The van der Waals surface area contributed by atoms with E-state index < -0.39 is 75.4 Å². The summed E-state index contributed by atoms with van der Waals surface area (Å²) in [5.74, 6) is -3.45. The first-order chi connectivity index (χ1) is 33.2. The lowest BCUT2D eigenvalue weighted by Crippen LogP contribution is -2.60. The molecular formula is C50H87N7O12S. The van der Waals surface area contributed by atoms with Gasteiger partial charge in [-0.2, -0.15) is 0 Å². The number of benzene rings is 1. The monoisotopic (exact) mass is 1010 g/mol.